The van der Waals surface area contributed by atoms with E-state index >= 15 is 0 Å². The van der Waals surface area contributed by atoms with Crippen LogP contribution in [0.1, 0.15) is 29.8 Å². The number of rotatable bonds is 3. The Labute approximate surface area is 138 Å². The van der Waals surface area contributed by atoms with Crippen molar-refractivity contribution >= 4 is 28.5 Å². The Kier molecular flexibility index (Phi) is 3.66. The van der Waals surface area contributed by atoms with Crippen LogP contribution < -0.4 is 5.73 Å². The van der Waals surface area contributed by atoms with Crippen LogP contribution >= 0.6 is 11.6 Å². The molecule has 3 rings (SSSR count). The number of hydrogen-bond donors (Lipinski definition) is 3. The van der Waals surface area contributed by atoms with Crippen LogP contribution in [0.15, 0.2) is 42.6 Å². The number of carboxylic acid groups (broad SMARTS) is 1. The van der Waals surface area contributed by atoms with Crippen molar-refractivity contribution in [3.8, 4) is 11.1 Å². The Balaban J connectivity index is 2.13. The van der Waals surface area contributed by atoms with Gasteiger partial charge in [-0.2, -0.15) is 0 Å². The van der Waals surface area contributed by atoms with Crippen LogP contribution in [0.25, 0.3) is 22.0 Å². The number of H-pyrrole nitrogens is 1. The van der Waals surface area contributed by atoms with Gasteiger partial charge in [0.25, 0.3) is 0 Å². The molecule has 1 aromatic heterocycles. The standard InChI is InChI=1S/C18H17ClN2O2/c1-18(2,20)11-5-3-10(4-6-11)12-7-13-14(17(22)23)9-21-16(13)8-15(12)19/h3-9,21H,20H2,1-2H3,(H,22,23). The molecule has 0 aliphatic carbocycles. The molecule has 0 saturated carbocycles. The highest BCUT2D eigenvalue weighted by atomic mass is 35.5. The zero-order valence-electron chi connectivity index (χ0n) is 12.9. The topological polar surface area (TPSA) is 79.1 Å². The van der Waals surface area contributed by atoms with Crippen molar-refractivity contribution < 1.29 is 9.90 Å². The molecule has 0 aliphatic heterocycles. The molecular formula is C18H17ClN2O2. The summed E-state index contributed by atoms with van der Waals surface area (Å²) in [6.45, 7) is 3.89. The van der Waals surface area contributed by atoms with Crippen LogP contribution in [-0.4, -0.2) is 16.1 Å². The number of hydrogen-bond acceptors (Lipinski definition) is 2. The van der Waals surface area contributed by atoms with Crippen molar-refractivity contribution in [1.29, 1.82) is 0 Å². The van der Waals surface area contributed by atoms with E-state index < -0.39 is 11.5 Å². The lowest BCUT2D eigenvalue weighted by atomic mass is 9.93. The molecule has 2 aromatic carbocycles. The van der Waals surface area contributed by atoms with Crippen molar-refractivity contribution in [2.24, 2.45) is 5.73 Å². The number of benzene rings is 2. The Hall–Kier alpha value is -2.30. The van der Waals surface area contributed by atoms with Gasteiger partial charge in [0.15, 0.2) is 0 Å². The second-order valence-corrected chi connectivity index (χ2v) is 6.59. The van der Waals surface area contributed by atoms with E-state index in [1.54, 1.807) is 12.1 Å². The number of halogens is 1. The molecule has 0 atom stereocenters. The summed E-state index contributed by atoms with van der Waals surface area (Å²) >= 11 is 6.36. The molecule has 0 radical (unpaired) electrons. The van der Waals surface area contributed by atoms with Gasteiger partial charge in [-0.25, -0.2) is 4.79 Å². The number of aromatic amines is 1. The maximum atomic E-state index is 11.3. The predicted molar refractivity (Wildman–Crippen MR) is 92.9 cm³/mol. The Morgan fingerprint density at radius 1 is 1.22 bits per heavy atom. The smallest absolute Gasteiger partial charge is 0.337 e. The number of nitrogens with one attached hydrogen (secondary N) is 1. The summed E-state index contributed by atoms with van der Waals surface area (Å²) in [5.74, 6) is -0.968. The number of aromatic carboxylic acids is 1. The van der Waals surface area contributed by atoms with Gasteiger partial charge in [0.1, 0.15) is 0 Å². The van der Waals surface area contributed by atoms with Gasteiger partial charge in [0, 0.05) is 28.2 Å². The largest absolute Gasteiger partial charge is 0.478 e. The second kappa shape index (κ2) is 5.41. The molecule has 0 spiro atoms. The van der Waals surface area contributed by atoms with Crippen molar-refractivity contribution in [3.63, 3.8) is 0 Å². The van der Waals surface area contributed by atoms with Gasteiger partial charge in [-0.05, 0) is 37.1 Å². The Morgan fingerprint density at radius 2 is 1.87 bits per heavy atom. The van der Waals surface area contributed by atoms with E-state index in [9.17, 15) is 9.90 Å². The van der Waals surface area contributed by atoms with E-state index in [1.165, 1.54) is 6.20 Å². The molecule has 0 fully saturated rings. The maximum absolute atomic E-state index is 11.3. The third-order valence-electron chi connectivity index (χ3n) is 3.94. The van der Waals surface area contributed by atoms with Crippen molar-refractivity contribution in [2.75, 3.05) is 0 Å². The first kappa shape index (κ1) is 15.6. The van der Waals surface area contributed by atoms with Gasteiger partial charge in [0.05, 0.1) is 10.6 Å². The number of fused-ring (bicyclic) bond motifs is 1. The molecule has 0 aliphatic rings. The van der Waals surface area contributed by atoms with Crippen LogP contribution in [0.4, 0.5) is 0 Å². The molecule has 0 amide bonds. The average Bonchev–Trinajstić information content (AvgIpc) is 2.88. The summed E-state index contributed by atoms with van der Waals surface area (Å²) in [7, 11) is 0. The molecule has 3 aromatic rings. The van der Waals surface area contributed by atoms with Crippen molar-refractivity contribution in [3.05, 3.63) is 58.7 Å². The lowest BCUT2D eigenvalue weighted by Crippen LogP contribution is -2.28. The molecule has 4 nitrogen and oxygen atoms in total. The SMILES string of the molecule is CC(C)(N)c1ccc(-c2cc3c(C(=O)O)c[nH]c3cc2Cl)cc1. The van der Waals surface area contributed by atoms with E-state index in [4.69, 9.17) is 17.3 Å². The van der Waals surface area contributed by atoms with Crippen molar-refractivity contribution in [1.82, 2.24) is 4.98 Å². The minimum atomic E-state index is -0.968. The van der Waals surface area contributed by atoms with Gasteiger partial charge in [0.2, 0.25) is 0 Å². The Bertz CT molecular complexity index is 890. The third-order valence-corrected chi connectivity index (χ3v) is 4.25. The summed E-state index contributed by atoms with van der Waals surface area (Å²) < 4.78 is 0. The molecule has 118 valence electrons. The summed E-state index contributed by atoms with van der Waals surface area (Å²) in [6, 6.07) is 11.4. The van der Waals surface area contributed by atoms with Gasteiger partial charge in [-0.1, -0.05) is 35.9 Å². The normalized spacial score (nSPS) is 11.8. The third kappa shape index (κ3) is 2.83. The first-order valence-electron chi connectivity index (χ1n) is 7.21. The molecule has 0 bridgehead atoms. The fourth-order valence-corrected chi connectivity index (χ4v) is 2.89. The summed E-state index contributed by atoms with van der Waals surface area (Å²) in [6.07, 6.45) is 1.48. The maximum Gasteiger partial charge on any atom is 0.337 e. The monoisotopic (exact) mass is 328 g/mol. The number of aromatic nitrogens is 1. The minimum Gasteiger partial charge on any atom is -0.478 e. The van der Waals surface area contributed by atoms with Crippen LogP contribution in [0, 0.1) is 0 Å². The van der Waals surface area contributed by atoms with Crippen LogP contribution in [0.3, 0.4) is 0 Å². The fraction of sp³-hybridized carbons (Fsp3) is 0.167. The van der Waals surface area contributed by atoms with E-state index in [-0.39, 0.29) is 5.56 Å². The summed E-state index contributed by atoms with van der Waals surface area (Å²) in [5, 5.41) is 10.5. The van der Waals surface area contributed by atoms with Gasteiger partial charge in [-0.3, -0.25) is 0 Å². The highest BCUT2D eigenvalue weighted by Crippen LogP contribution is 2.34. The molecular weight excluding hydrogens is 312 g/mol. The molecule has 4 N–H and O–H groups in total. The van der Waals surface area contributed by atoms with Crippen molar-refractivity contribution in [2.45, 2.75) is 19.4 Å². The second-order valence-electron chi connectivity index (χ2n) is 6.18. The fourth-order valence-electron chi connectivity index (χ4n) is 2.62. The van der Waals surface area contributed by atoms with E-state index in [0.29, 0.717) is 15.9 Å². The van der Waals surface area contributed by atoms with E-state index in [0.717, 1.165) is 16.7 Å². The lowest BCUT2D eigenvalue weighted by Gasteiger charge is -2.19. The van der Waals surface area contributed by atoms with Crippen LogP contribution in [-0.2, 0) is 5.54 Å². The molecule has 23 heavy (non-hydrogen) atoms. The average molecular weight is 329 g/mol. The number of carboxylic acids is 1. The van der Waals surface area contributed by atoms with Crippen LogP contribution in [0.2, 0.25) is 5.02 Å². The lowest BCUT2D eigenvalue weighted by molar-refractivity contribution is 0.0699. The van der Waals surface area contributed by atoms with Gasteiger partial charge >= 0.3 is 5.97 Å². The number of carbonyl (C=O) groups is 1. The highest BCUT2D eigenvalue weighted by molar-refractivity contribution is 6.34. The Morgan fingerprint density at radius 3 is 2.43 bits per heavy atom. The predicted octanol–water partition coefficient (Wildman–Crippen LogP) is 4.38. The summed E-state index contributed by atoms with van der Waals surface area (Å²) in [5.41, 5.74) is 9.35. The molecule has 1 heterocycles. The highest BCUT2D eigenvalue weighted by Gasteiger charge is 2.16. The van der Waals surface area contributed by atoms with Gasteiger partial charge in [-0.15, -0.1) is 0 Å². The summed E-state index contributed by atoms with van der Waals surface area (Å²) in [4.78, 5) is 14.2. The van der Waals surface area contributed by atoms with Crippen LogP contribution in [0.5, 0.6) is 0 Å². The first-order chi connectivity index (χ1) is 10.8. The zero-order valence-corrected chi connectivity index (χ0v) is 13.6. The molecule has 5 heteroatoms. The molecule has 0 saturated heterocycles. The zero-order chi connectivity index (χ0) is 16.8. The van der Waals surface area contributed by atoms with E-state index in [1.807, 2.05) is 38.1 Å². The van der Waals surface area contributed by atoms with Gasteiger partial charge < -0.3 is 15.8 Å². The quantitative estimate of drug-likeness (QED) is 0.667. The molecule has 0 unspecified atom stereocenters. The van der Waals surface area contributed by atoms with E-state index in [2.05, 4.69) is 4.98 Å². The minimum absolute atomic E-state index is 0.234. The number of nitrogens with two attached hydrogens (primary N) is 1. The first-order valence-corrected chi connectivity index (χ1v) is 7.59.